The molecular weight excluding hydrogens is 313 g/mol. The Morgan fingerprint density at radius 3 is 2.65 bits per heavy atom. The lowest BCUT2D eigenvalue weighted by molar-refractivity contribution is -0.201. The van der Waals surface area contributed by atoms with Gasteiger partial charge in [0.25, 0.3) is 0 Å². The third-order valence-electron chi connectivity index (χ3n) is 4.25. The van der Waals surface area contributed by atoms with Gasteiger partial charge in [-0.15, -0.1) is 0 Å². The molecular formula is C14H25F3N4O2. The zero-order valence-corrected chi connectivity index (χ0v) is 13.3. The van der Waals surface area contributed by atoms with Crippen LogP contribution in [0.25, 0.3) is 0 Å². The van der Waals surface area contributed by atoms with E-state index in [0.29, 0.717) is 11.9 Å². The van der Waals surface area contributed by atoms with Crippen LogP contribution in [0.5, 0.6) is 0 Å². The predicted molar refractivity (Wildman–Crippen MR) is 80.4 cm³/mol. The zero-order valence-electron chi connectivity index (χ0n) is 13.3. The Balaban J connectivity index is 1.77. The van der Waals surface area contributed by atoms with E-state index in [9.17, 15) is 13.2 Å². The molecule has 2 heterocycles. The average Bonchev–Trinajstić information content (AvgIpc) is 2.96. The van der Waals surface area contributed by atoms with Gasteiger partial charge in [-0.2, -0.15) is 13.2 Å². The fourth-order valence-corrected chi connectivity index (χ4v) is 2.96. The smallest absolute Gasteiger partial charge is 0.382 e. The number of aliphatic hydroxyl groups is 1. The standard InChI is InChI=1S/C14H25F3N4O2/c1-18-13(19-8-12(22)14(15,16)17)21-3-2-11(10-21)9-20-4-6-23-7-5-20/h11-12,22H,2-10H2,1H3,(H,18,19). The first kappa shape index (κ1) is 18.3. The number of aliphatic imine (C=N–C) groups is 1. The second-order valence-electron chi connectivity index (χ2n) is 6.00. The molecule has 0 aromatic carbocycles. The van der Waals surface area contributed by atoms with Crippen molar-refractivity contribution in [2.75, 3.05) is 59.5 Å². The number of halogens is 3. The third kappa shape index (κ3) is 5.50. The molecule has 2 aliphatic rings. The van der Waals surface area contributed by atoms with Gasteiger partial charge in [0.05, 0.1) is 19.8 Å². The number of nitrogens with zero attached hydrogens (tertiary/aromatic N) is 3. The Morgan fingerprint density at radius 1 is 1.35 bits per heavy atom. The van der Waals surface area contributed by atoms with Crippen molar-refractivity contribution in [3.8, 4) is 0 Å². The van der Waals surface area contributed by atoms with Crippen molar-refractivity contribution in [1.82, 2.24) is 15.1 Å². The Labute approximate surface area is 134 Å². The summed E-state index contributed by atoms with van der Waals surface area (Å²) in [6, 6.07) is 0. The highest BCUT2D eigenvalue weighted by Gasteiger charge is 2.38. The molecule has 2 N–H and O–H groups in total. The molecule has 2 aliphatic heterocycles. The molecule has 2 rings (SSSR count). The molecule has 0 aromatic heterocycles. The number of guanidine groups is 1. The van der Waals surface area contributed by atoms with Gasteiger partial charge in [-0.1, -0.05) is 0 Å². The van der Waals surface area contributed by atoms with Crippen LogP contribution < -0.4 is 5.32 Å². The number of likely N-dealkylation sites (tertiary alicyclic amines) is 1. The average molecular weight is 338 g/mol. The molecule has 2 saturated heterocycles. The number of rotatable bonds is 4. The van der Waals surface area contributed by atoms with Gasteiger partial charge in [0.15, 0.2) is 12.1 Å². The molecule has 2 fully saturated rings. The van der Waals surface area contributed by atoms with Gasteiger partial charge in [-0.25, -0.2) is 0 Å². The SMILES string of the molecule is CN=C(NCC(O)C(F)(F)F)N1CCC(CN2CCOCC2)C1. The van der Waals surface area contributed by atoms with E-state index in [-0.39, 0.29) is 0 Å². The second kappa shape index (κ2) is 8.16. The summed E-state index contributed by atoms with van der Waals surface area (Å²) >= 11 is 0. The highest BCUT2D eigenvalue weighted by molar-refractivity contribution is 5.80. The first-order valence-electron chi connectivity index (χ1n) is 7.90. The highest BCUT2D eigenvalue weighted by Crippen LogP contribution is 2.20. The Bertz CT molecular complexity index is 400. The highest BCUT2D eigenvalue weighted by atomic mass is 19.4. The summed E-state index contributed by atoms with van der Waals surface area (Å²) in [6.45, 7) is 5.30. The molecule has 134 valence electrons. The number of morpholine rings is 1. The summed E-state index contributed by atoms with van der Waals surface area (Å²) in [5, 5.41) is 11.7. The second-order valence-corrected chi connectivity index (χ2v) is 6.00. The van der Waals surface area contributed by atoms with E-state index >= 15 is 0 Å². The van der Waals surface area contributed by atoms with Crippen LogP contribution >= 0.6 is 0 Å². The van der Waals surface area contributed by atoms with Crippen molar-refractivity contribution in [3.63, 3.8) is 0 Å². The van der Waals surface area contributed by atoms with E-state index in [0.717, 1.165) is 52.4 Å². The summed E-state index contributed by atoms with van der Waals surface area (Å²) in [4.78, 5) is 8.34. The molecule has 0 radical (unpaired) electrons. The predicted octanol–water partition coefficient (Wildman–Crippen LogP) is 0.139. The van der Waals surface area contributed by atoms with Crippen molar-refractivity contribution < 1.29 is 23.0 Å². The minimum atomic E-state index is -4.62. The Morgan fingerprint density at radius 2 is 2.04 bits per heavy atom. The zero-order chi connectivity index (χ0) is 16.9. The van der Waals surface area contributed by atoms with Crippen LogP contribution in [0.2, 0.25) is 0 Å². The van der Waals surface area contributed by atoms with Gasteiger partial charge < -0.3 is 20.1 Å². The van der Waals surface area contributed by atoms with Gasteiger partial charge >= 0.3 is 6.18 Å². The molecule has 0 bridgehead atoms. The fraction of sp³-hybridized carbons (Fsp3) is 0.929. The maximum Gasteiger partial charge on any atom is 0.416 e. The molecule has 23 heavy (non-hydrogen) atoms. The van der Waals surface area contributed by atoms with Crippen molar-refractivity contribution >= 4 is 5.96 Å². The van der Waals surface area contributed by atoms with Gasteiger partial charge in [-0.3, -0.25) is 9.89 Å². The number of aliphatic hydroxyl groups excluding tert-OH is 1. The summed E-state index contributed by atoms with van der Waals surface area (Å²) < 4.78 is 42.4. The number of alkyl halides is 3. The lowest BCUT2D eigenvalue weighted by atomic mass is 10.1. The van der Waals surface area contributed by atoms with Crippen LogP contribution in [-0.2, 0) is 4.74 Å². The third-order valence-corrected chi connectivity index (χ3v) is 4.25. The van der Waals surface area contributed by atoms with Crippen molar-refractivity contribution in [1.29, 1.82) is 0 Å². The Hall–Kier alpha value is -1.06. The minimum absolute atomic E-state index is 0.415. The maximum absolute atomic E-state index is 12.3. The Kier molecular flexibility index (Phi) is 6.49. The topological polar surface area (TPSA) is 60.3 Å². The maximum atomic E-state index is 12.3. The summed E-state index contributed by atoms with van der Waals surface area (Å²) in [5.74, 6) is 0.886. The normalized spacial score (nSPS) is 25.7. The van der Waals surface area contributed by atoms with E-state index in [1.807, 2.05) is 4.90 Å². The van der Waals surface area contributed by atoms with Crippen LogP contribution in [0.1, 0.15) is 6.42 Å². The molecule has 0 aliphatic carbocycles. The lowest BCUT2D eigenvalue weighted by Gasteiger charge is -2.29. The number of nitrogens with one attached hydrogen (secondary N) is 1. The van der Waals surface area contributed by atoms with E-state index in [2.05, 4.69) is 15.2 Å². The monoisotopic (exact) mass is 338 g/mol. The van der Waals surface area contributed by atoms with E-state index < -0.39 is 18.8 Å². The van der Waals surface area contributed by atoms with E-state index in [4.69, 9.17) is 9.84 Å². The van der Waals surface area contributed by atoms with Gasteiger partial charge in [0, 0.05) is 39.8 Å². The summed E-state index contributed by atoms with van der Waals surface area (Å²) in [5.41, 5.74) is 0. The van der Waals surface area contributed by atoms with Crippen LogP contribution in [0.15, 0.2) is 4.99 Å². The molecule has 2 unspecified atom stereocenters. The summed E-state index contributed by atoms with van der Waals surface area (Å²) in [7, 11) is 1.54. The van der Waals surface area contributed by atoms with Crippen molar-refractivity contribution in [2.24, 2.45) is 10.9 Å². The van der Waals surface area contributed by atoms with E-state index in [1.54, 1.807) is 0 Å². The first-order valence-corrected chi connectivity index (χ1v) is 7.90. The van der Waals surface area contributed by atoms with Crippen molar-refractivity contribution in [3.05, 3.63) is 0 Å². The molecule has 9 heteroatoms. The van der Waals surface area contributed by atoms with Crippen molar-refractivity contribution in [2.45, 2.75) is 18.7 Å². The largest absolute Gasteiger partial charge is 0.416 e. The molecule has 0 saturated carbocycles. The fourth-order valence-electron chi connectivity index (χ4n) is 2.96. The van der Waals surface area contributed by atoms with Crippen LogP contribution in [-0.4, -0.2) is 92.7 Å². The van der Waals surface area contributed by atoms with E-state index in [1.165, 1.54) is 7.05 Å². The van der Waals surface area contributed by atoms with Gasteiger partial charge in [0.2, 0.25) is 0 Å². The summed E-state index contributed by atoms with van der Waals surface area (Å²) in [6.07, 6.45) is -6.01. The van der Waals surface area contributed by atoms with Crippen LogP contribution in [0, 0.1) is 5.92 Å². The van der Waals surface area contributed by atoms with Gasteiger partial charge in [0.1, 0.15) is 0 Å². The number of hydrogen-bond acceptors (Lipinski definition) is 4. The number of ether oxygens (including phenoxy) is 1. The molecule has 2 atom stereocenters. The molecule has 0 aromatic rings. The quantitative estimate of drug-likeness (QED) is 0.564. The van der Waals surface area contributed by atoms with Crippen LogP contribution in [0.3, 0.4) is 0 Å². The number of hydrogen-bond donors (Lipinski definition) is 2. The van der Waals surface area contributed by atoms with Gasteiger partial charge in [-0.05, 0) is 12.3 Å². The molecule has 0 spiro atoms. The molecule has 6 nitrogen and oxygen atoms in total. The molecule has 0 amide bonds. The lowest BCUT2D eigenvalue weighted by Crippen LogP contribution is -2.47. The first-order chi connectivity index (χ1) is 10.9. The minimum Gasteiger partial charge on any atom is -0.382 e. The van der Waals surface area contributed by atoms with Crippen LogP contribution in [0.4, 0.5) is 13.2 Å².